The number of nitrogens with one attached hydrogen (secondary N) is 2. The number of hydrogen-bond acceptors (Lipinski definition) is 8. The summed E-state index contributed by atoms with van der Waals surface area (Å²) in [7, 11) is 0. The van der Waals surface area contributed by atoms with Crippen molar-refractivity contribution in [3.63, 3.8) is 0 Å². The van der Waals surface area contributed by atoms with Crippen LogP contribution >= 0.6 is 11.8 Å². The Morgan fingerprint density at radius 2 is 1.63 bits per heavy atom. The number of ether oxygens (including phenoxy) is 4. The van der Waals surface area contributed by atoms with Crippen LogP contribution in [0.25, 0.3) is 0 Å². The summed E-state index contributed by atoms with van der Waals surface area (Å²) in [5, 5.41) is 6.42. The lowest BCUT2D eigenvalue weighted by Crippen LogP contribution is -2.40. The molecule has 0 radical (unpaired) electrons. The number of likely N-dealkylation sites (N-methyl/N-ethyl adjacent to an activating group) is 1. The molecule has 3 atom stereocenters. The van der Waals surface area contributed by atoms with E-state index in [9.17, 15) is 14.4 Å². The third kappa shape index (κ3) is 11.8. The minimum atomic E-state index is -0.377. The van der Waals surface area contributed by atoms with Gasteiger partial charge >= 0.3 is 6.03 Å². The summed E-state index contributed by atoms with van der Waals surface area (Å²) in [6.45, 7) is 6.71. The van der Waals surface area contributed by atoms with Crippen LogP contribution in [0.5, 0.6) is 0 Å². The summed E-state index contributed by atoms with van der Waals surface area (Å²) in [4.78, 5) is 36.5. The zero-order valence-corrected chi connectivity index (χ0v) is 21.7. The standard InChI is InChI=1S/C23H42N4O7S/c1-2-27-22-18(26-23(27)30)17-35-19(22)5-3-4-6-21(29)25-8-10-32-12-14-34-16-15-33-13-11-31-9-7-20(24)28/h18-19,22H,2-17H2,1H3,(H2,24,28)(H,25,29)(H,26,30)/t18-,19-,22-/m0/s1. The van der Waals surface area contributed by atoms with Crippen molar-refractivity contribution in [3.05, 3.63) is 0 Å². The number of fused-ring (bicyclic) bond motifs is 1. The molecule has 4 N–H and O–H groups in total. The van der Waals surface area contributed by atoms with Crippen LogP contribution in [0, 0.1) is 0 Å². The molecule has 0 saturated carbocycles. The molecule has 2 aliphatic heterocycles. The molecule has 0 bridgehead atoms. The van der Waals surface area contributed by atoms with Crippen LogP contribution < -0.4 is 16.4 Å². The number of nitrogens with two attached hydrogens (primary N) is 1. The molecule has 0 aromatic carbocycles. The SMILES string of the molecule is CCN1C(=O)N[C@H]2CS[C@@H](CCCCC(=O)NCCOCCOCCOCCOCCC(N)=O)[C@H]21. The average molecular weight is 519 g/mol. The summed E-state index contributed by atoms with van der Waals surface area (Å²) in [6, 6.07) is 0.623. The zero-order chi connectivity index (χ0) is 25.3. The van der Waals surface area contributed by atoms with Gasteiger partial charge in [0.25, 0.3) is 0 Å². The van der Waals surface area contributed by atoms with Crippen LogP contribution in [0.2, 0.25) is 0 Å². The van der Waals surface area contributed by atoms with Crippen molar-refractivity contribution < 1.29 is 33.3 Å². The average Bonchev–Trinajstić information content (AvgIpc) is 3.36. The van der Waals surface area contributed by atoms with Crippen LogP contribution in [0.15, 0.2) is 0 Å². The smallest absolute Gasteiger partial charge is 0.318 e. The van der Waals surface area contributed by atoms with Gasteiger partial charge in [-0.1, -0.05) is 6.42 Å². The fourth-order valence-electron chi connectivity index (χ4n) is 4.13. The maximum atomic E-state index is 12.0. The second-order valence-corrected chi connectivity index (χ2v) is 9.74. The maximum Gasteiger partial charge on any atom is 0.318 e. The minimum absolute atomic E-state index is 0.0467. The number of amides is 4. The Labute approximate surface area is 212 Å². The molecule has 2 saturated heterocycles. The molecule has 2 fully saturated rings. The van der Waals surface area contributed by atoms with E-state index in [-0.39, 0.29) is 30.3 Å². The van der Waals surface area contributed by atoms with Crippen molar-refractivity contribution in [1.82, 2.24) is 15.5 Å². The molecular formula is C23H42N4O7S. The van der Waals surface area contributed by atoms with E-state index in [0.717, 1.165) is 31.6 Å². The molecule has 0 aliphatic carbocycles. The van der Waals surface area contributed by atoms with Crippen molar-refractivity contribution in [2.75, 3.05) is 71.7 Å². The van der Waals surface area contributed by atoms with Crippen molar-refractivity contribution >= 4 is 29.6 Å². The molecule has 35 heavy (non-hydrogen) atoms. The fraction of sp³-hybridized carbons (Fsp3) is 0.870. The van der Waals surface area contributed by atoms with E-state index in [1.807, 2.05) is 23.6 Å². The first kappa shape index (κ1) is 29.6. The molecule has 202 valence electrons. The van der Waals surface area contributed by atoms with E-state index in [2.05, 4.69) is 10.6 Å². The Bertz CT molecular complexity index is 643. The highest BCUT2D eigenvalue weighted by Crippen LogP contribution is 2.37. The molecule has 0 aromatic heterocycles. The van der Waals surface area contributed by atoms with Gasteiger partial charge in [-0.25, -0.2) is 4.79 Å². The largest absolute Gasteiger partial charge is 0.379 e. The lowest BCUT2D eigenvalue weighted by atomic mass is 10.0. The van der Waals surface area contributed by atoms with Gasteiger partial charge in [-0.05, 0) is 19.8 Å². The first-order valence-electron chi connectivity index (χ1n) is 12.6. The van der Waals surface area contributed by atoms with Gasteiger partial charge in [0, 0.05) is 36.9 Å². The normalized spacial score (nSPS) is 21.2. The maximum absolute atomic E-state index is 12.0. The topological polar surface area (TPSA) is 141 Å². The number of urea groups is 1. The van der Waals surface area contributed by atoms with Crippen LogP contribution in [-0.2, 0) is 28.5 Å². The monoisotopic (exact) mass is 518 g/mol. The van der Waals surface area contributed by atoms with E-state index >= 15 is 0 Å². The molecular weight excluding hydrogens is 476 g/mol. The molecule has 2 aliphatic rings. The Morgan fingerprint density at radius 1 is 1.00 bits per heavy atom. The van der Waals surface area contributed by atoms with Gasteiger partial charge in [-0.2, -0.15) is 11.8 Å². The van der Waals surface area contributed by atoms with Gasteiger partial charge in [-0.15, -0.1) is 0 Å². The van der Waals surface area contributed by atoms with Crippen LogP contribution in [0.3, 0.4) is 0 Å². The molecule has 0 spiro atoms. The number of thioether (sulfide) groups is 1. The Hall–Kier alpha value is -1.60. The molecule has 4 amide bonds. The fourth-order valence-corrected chi connectivity index (χ4v) is 5.73. The first-order valence-corrected chi connectivity index (χ1v) is 13.6. The van der Waals surface area contributed by atoms with Gasteiger partial charge in [-0.3, -0.25) is 9.59 Å². The Kier molecular flexibility index (Phi) is 15.0. The summed E-state index contributed by atoms with van der Waals surface area (Å²) in [5.74, 6) is 0.649. The van der Waals surface area contributed by atoms with Gasteiger partial charge in [0.1, 0.15) is 0 Å². The molecule has 0 aromatic rings. The van der Waals surface area contributed by atoms with Crippen LogP contribution in [-0.4, -0.2) is 112 Å². The quantitative estimate of drug-likeness (QED) is 0.147. The summed E-state index contributed by atoms with van der Waals surface area (Å²) < 4.78 is 21.4. The molecule has 12 heteroatoms. The molecule has 2 rings (SSSR count). The number of carbonyl (C=O) groups excluding carboxylic acids is 3. The highest BCUT2D eigenvalue weighted by Gasteiger charge is 2.47. The van der Waals surface area contributed by atoms with E-state index in [0.29, 0.717) is 77.1 Å². The van der Waals surface area contributed by atoms with Gasteiger partial charge in [0.05, 0.1) is 64.9 Å². The minimum Gasteiger partial charge on any atom is -0.379 e. The molecule has 0 unspecified atom stereocenters. The summed E-state index contributed by atoms with van der Waals surface area (Å²) in [5.41, 5.74) is 5.01. The van der Waals surface area contributed by atoms with E-state index in [1.165, 1.54) is 0 Å². The molecule has 11 nitrogen and oxygen atoms in total. The highest BCUT2D eigenvalue weighted by atomic mass is 32.2. The van der Waals surface area contributed by atoms with Crippen molar-refractivity contribution in [3.8, 4) is 0 Å². The number of hydrogen-bond donors (Lipinski definition) is 3. The highest BCUT2D eigenvalue weighted by molar-refractivity contribution is 8.00. The third-order valence-corrected chi connectivity index (χ3v) is 7.37. The van der Waals surface area contributed by atoms with Crippen molar-refractivity contribution in [1.29, 1.82) is 0 Å². The van der Waals surface area contributed by atoms with Crippen molar-refractivity contribution in [2.45, 2.75) is 56.4 Å². The summed E-state index contributed by atoms with van der Waals surface area (Å²) in [6.07, 6.45) is 3.60. The first-order chi connectivity index (χ1) is 17.0. The number of rotatable bonds is 21. The van der Waals surface area contributed by atoms with E-state index < -0.39 is 0 Å². The van der Waals surface area contributed by atoms with Crippen LogP contribution in [0.1, 0.15) is 39.0 Å². The number of carbonyl (C=O) groups is 3. The predicted molar refractivity (Wildman–Crippen MR) is 133 cm³/mol. The second-order valence-electron chi connectivity index (χ2n) is 8.47. The third-order valence-electron chi connectivity index (χ3n) is 5.87. The van der Waals surface area contributed by atoms with Crippen LogP contribution in [0.4, 0.5) is 4.79 Å². The number of primary amides is 1. The van der Waals surface area contributed by atoms with Gasteiger partial charge in [0.15, 0.2) is 0 Å². The van der Waals surface area contributed by atoms with Gasteiger partial charge in [0.2, 0.25) is 11.8 Å². The summed E-state index contributed by atoms with van der Waals surface area (Å²) >= 11 is 1.94. The second kappa shape index (κ2) is 17.8. The van der Waals surface area contributed by atoms with Crippen molar-refractivity contribution in [2.24, 2.45) is 5.73 Å². The van der Waals surface area contributed by atoms with E-state index in [4.69, 9.17) is 24.7 Å². The Morgan fingerprint density at radius 3 is 2.26 bits per heavy atom. The number of unbranched alkanes of at least 4 members (excludes halogenated alkanes) is 1. The lowest BCUT2D eigenvalue weighted by molar-refractivity contribution is -0.121. The zero-order valence-electron chi connectivity index (χ0n) is 20.8. The van der Waals surface area contributed by atoms with E-state index in [1.54, 1.807) is 0 Å². The number of nitrogens with zero attached hydrogens (tertiary/aromatic N) is 1. The lowest BCUT2D eigenvalue weighted by Gasteiger charge is -2.26. The predicted octanol–water partition coefficient (Wildman–Crippen LogP) is 0.503. The van der Waals surface area contributed by atoms with Gasteiger partial charge < -0.3 is 40.2 Å². The Balaban J connectivity index is 1.33. The molecule has 2 heterocycles.